The minimum Gasteiger partial charge on any atom is -0.441 e. The molecule has 0 saturated carbocycles. The molecule has 170 valence electrons. The van der Waals surface area contributed by atoms with Crippen LogP contribution in [0.1, 0.15) is 35.8 Å². The number of aromatic nitrogens is 1. The highest BCUT2D eigenvalue weighted by Crippen LogP contribution is 2.43. The predicted octanol–water partition coefficient (Wildman–Crippen LogP) is 6.10. The number of hydrogen-bond donors (Lipinski definition) is 1. The first-order chi connectivity index (χ1) is 16.3. The fourth-order valence-corrected chi connectivity index (χ4v) is 4.37. The van der Waals surface area contributed by atoms with Gasteiger partial charge < -0.3 is 10.1 Å². The van der Waals surface area contributed by atoms with E-state index in [-0.39, 0.29) is 11.7 Å². The predicted molar refractivity (Wildman–Crippen MR) is 128 cm³/mol. The molecule has 5 rings (SSSR count). The zero-order valence-electron chi connectivity index (χ0n) is 18.7. The molecule has 3 aromatic carbocycles. The van der Waals surface area contributed by atoms with Gasteiger partial charge in [-0.2, -0.15) is 0 Å². The number of amides is 2. The molecule has 1 aliphatic rings. The van der Waals surface area contributed by atoms with Gasteiger partial charge in [-0.25, -0.2) is 9.18 Å². The van der Waals surface area contributed by atoms with E-state index in [9.17, 15) is 14.0 Å². The summed E-state index contributed by atoms with van der Waals surface area (Å²) in [4.78, 5) is 31.6. The van der Waals surface area contributed by atoms with E-state index >= 15 is 0 Å². The Hall–Kier alpha value is -4.26. The molecule has 0 radical (unpaired) electrons. The smallest absolute Gasteiger partial charge is 0.415 e. The fraction of sp³-hybridized carbons (Fsp3) is 0.148. The van der Waals surface area contributed by atoms with Gasteiger partial charge in [-0.1, -0.05) is 30.3 Å². The molecular weight excluding hydrogens is 433 g/mol. The molecule has 1 aliphatic heterocycles. The maximum Gasteiger partial charge on any atom is 0.415 e. The van der Waals surface area contributed by atoms with E-state index in [1.165, 1.54) is 17.0 Å². The van der Waals surface area contributed by atoms with E-state index in [1.54, 1.807) is 48.7 Å². The van der Waals surface area contributed by atoms with Gasteiger partial charge in [-0.15, -0.1) is 0 Å². The minimum absolute atomic E-state index is 0.288. The second-order valence-corrected chi connectivity index (χ2v) is 8.68. The van der Waals surface area contributed by atoms with Gasteiger partial charge in [0.05, 0.1) is 11.2 Å². The molecular formula is C27H22FN3O3. The van der Waals surface area contributed by atoms with Crippen molar-refractivity contribution in [3.63, 3.8) is 0 Å². The summed E-state index contributed by atoms with van der Waals surface area (Å²) < 4.78 is 19.1. The molecule has 0 bridgehead atoms. The number of para-hydroxylation sites is 1. The summed E-state index contributed by atoms with van der Waals surface area (Å²) in [6.07, 6.45) is 1.18. The summed E-state index contributed by atoms with van der Waals surface area (Å²) >= 11 is 0. The zero-order chi connectivity index (χ0) is 23.9. The van der Waals surface area contributed by atoms with Crippen LogP contribution in [0.25, 0.3) is 10.9 Å². The lowest BCUT2D eigenvalue weighted by molar-refractivity contribution is 0.0685. The van der Waals surface area contributed by atoms with Crippen molar-refractivity contribution >= 4 is 34.3 Å². The third-order valence-electron chi connectivity index (χ3n) is 5.94. The number of ether oxygens (including phenoxy) is 1. The number of nitrogens with one attached hydrogen (secondary N) is 1. The van der Waals surface area contributed by atoms with Crippen molar-refractivity contribution in [1.82, 2.24) is 4.98 Å². The van der Waals surface area contributed by atoms with E-state index in [4.69, 9.17) is 4.74 Å². The van der Waals surface area contributed by atoms with Crippen molar-refractivity contribution < 1.29 is 18.7 Å². The lowest BCUT2D eigenvalue weighted by Crippen LogP contribution is -2.33. The normalized spacial score (nSPS) is 17.0. The standard InChI is InChI=1S/C27H22FN3O3/c1-27(2)24(18-8-12-20(28)13-9-18)31(26(33)34-27)21-14-10-19(11-15-21)25(32)30-22-7-3-5-17-6-4-16-29-23(17)22/h3-16,24H,1-2H3,(H,30,32)/t24-/m0/s1. The highest BCUT2D eigenvalue weighted by atomic mass is 19.1. The van der Waals surface area contributed by atoms with E-state index < -0.39 is 17.7 Å². The number of hydrogen-bond acceptors (Lipinski definition) is 4. The number of nitrogens with zero attached hydrogens (tertiary/aromatic N) is 2. The van der Waals surface area contributed by atoms with Crippen LogP contribution in [-0.2, 0) is 4.74 Å². The zero-order valence-corrected chi connectivity index (χ0v) is 18.7. The van der Waals surface area contributed by atoms with E-state index in [2.05, 4.69) is 10.3 Å². The second-order valence-electron chi connectivity index (χ2n) is 8.68. The summed E-state index contributed by atoms with van der Waals surface area (Å²) in [5.41, 5.74) is 2.26. The third kappa shape index (κ3) is 3.85. The van der Waals surface area contributed by atoms with Crippen LogP contribution in [0.15, 0.2) is 85.1 Å². The Bertz CT molecular complexity index is 1380. The molecule has 7 heteroatoms. The molecule has 0 spiro atoms. The van der Waals surface area contributed by atoms with Crippen molar-refractivity contribution in [3.8, 4) is 0 Å². The maximum absolute atomic E-state index is 13.5. The lowest BCUT2D eigenvalue weighted by atomic mass is 9.91. The Morgan fingerprint density at radius 3 is 2.44 bits per heavy atom. The number of anilines is 2. The average Bonchev–Trinajstić information content (AvgIpc) is 3.08. The maximum atomic E-state index is 13.5. The van der Waals surface area contributed by atoms with Gasteiger partial charge in [0.15, 0.2) is 0 Å². The summed E-state index contributed by atoms with van der Waals surface area (Å²) in [6.45, 7) is 3.64. The number of cyclic esters (lactones) is 1. The molecule has 6 nitrogen and oxygen atoms in total. The van der Waals surface area contributed by atoms with Gasteiger partial charge in [0.25, 0.3) is 5.91 Å². The number of carbonyl (C=O) groups excluding carboxylic acids is 2. The Balaban J connectivity index is 1.42. The van der Waals surface area contributed by atoms with Crippen LogP contribution >= 0.6 is 0 Å². The van der Waals surface area contributed by atoms with E-state index in [0.29, 0.717) is 22.5 Å². The van der Waals surface area contributed by atoms with Crippen LogP contribution in [0.3, 0.4) is 0 Å². The van der Waals surface area contributed by atoms with E-state index in [1.807, 2.05) is 38.1 Å². The van der Waals surface area contributed by atoms with Crippen molar-refractivity contribution in [2.24, 2.45) is 0 Å². The molecule has 1 aromatic heterocycles. The Morgan fingerprint density at radius 2 is 1.71 bits per heavy atom. The highest BCUT2D eigenvalue weighted by Gasteiger charge is 2.49. The summed E-state index contributed by atoms with van der Waals surface area (Å²) in [7, 11) is 0. The molecule has 1 atom stereocenters. The average molecular weight is 455 g/mol. The van der Waals surface area contributed by atoms with Crippen molar-refractivity contribution in [2.45, 2.75) is 25.5 Å². The number of fused-ring (bicyclic) bond motifs is 1. The van der Waals surface area contributed by atoms with Gasteiger partial charge in [0, 0.05) is 22.8 Å². The Morgan fingerprint density at radius 1 is 1.00 bits per heavy atom. The SMILES string of the molecule is CC1(C)OC(=O)N(c2ccc(C(=O)Nc3cccc4cccnc34)cc2)[C@H]1c1ccc(F)cc1. The first kappa shape index (κ1) is 21.6. The summed E-state index contributed by atoms with van der Waals surface area (Å²) in [5.74, 6) is -0.640. The quantitative estimate of drug-likeness (QED) is 0.403. The van der Waals surface area contributed by atoms with Gasteiger partial charge in [-0.3, -0.25) is 14.7 Å². The van der Waals surface area contributed by atoms with Crippen molar-refractivity contribution in [1.29, 1.82) is 0 Å². The van der Waals surface area contributed by atoms with Crippen molar-refractivity contribution in [2.75, 3.05) is 10.2 Å². The topological polar surface area (TPSA) is 71.5 Å². The molecule has 2 amide bonds. The first-order valence-electron chi connectivity index (χ1n) is 10.9. The largest absolute Gasteiger partial charge is 0.441 e. The monoisotopic (exact) mass is 455 g/mol. The molecule has 1 saturated heterocycles. The number of benzene rings is 3. The highest BCUT2D eigenvalue weighted by molar-refractivity contribution is 6.08. The van der Waals surface area contributed by atoms with Crippen LogP contribution in [0, 0.1) is 5.82 Å². The third-order valence-corrected chi connectivity index (χ3v) is 5.94. The van der Waals surface area contributed by atoms with Gasteiger partial charge in [-0.05, 0) is 67.9 Å². The van der Waals surface area contributed by atoms with Crippen LogP contribution in [0.2, 0.25) is 0 Å². The van der Waals surface area contributed by atoms with Gasteiger partial charge >= 0.3 is 6.09 Å². The van der Waals surface area contributed by atoms with Crippen molar-refractivity contribution in [3.05, 3.63) is 102 Å². The first-order valence-corrected chi connectivity index (χ1v) is 10.9. The van der Waals surface area contributed by atoms with Gasteiger partial charge in [0.2, 0.25) is 0 Å². The van der Waals surface area contributed by atoms with Crippen LogP contribution in [-0.4, -0.2) is 22.6 Å². The fourth-order valence-electron chi connectivity index (χ4n) is 4.37. The lowest BCUT2D eigenvalue weighted by Gasteiger charge is -2.29. The molecule has 4 aromatic rings. The Kier molecular flexibility index (Phi) is 5.24. The number of carbonyl (C=O) groups is 2. The Labute approximate surface area is 196 Å². The van der Waals surface area contributed by atoms with Crippen LogP contribution in [0.5, 0.6) is 0 Å². The van der Waals surface area contributed by atoms with Crippen LogP contribution < -0.4 is 10.2 Å². The molecule has 0 unspecified atom stereocenters. The molecule has 1 fully saturated rings. The molecule has 1 N–H and O–H groups in total. The van der Waals surface area contributed by atoms with Gasteiger partial charge in [0.1, 0.15) is 17.5 Å². The van der Waals surface area contributed by atoms with E-state index in [0.717, 1.165) is 10.9 Å². The van der Waals surface area contributed by atoms with Crippen LogP contribution in [0.4, 0.5) is 20.6 Å². The molecule has 2 heterocycles. The second kappa shape index (κ2) is 8.26. The minimum atomic E-state index is -0.827. The number of rotatable bonds is 4. The summed E-state index contributed by atoms with van der Waals surface area (Å²) in [6, 6.07) is 21.7. The molecule has 0 aliphatic carbocycles. The number of halogens is 1. The molecule has 34 heavy (non-hydrogen) atoms. The number of pyridine rings is 1. The summed E-state index contributed by atoms with van der Waals surface area (Å²) in [5, 5.41) is 3.84.